The van der Waals surface area contributed by atoms with Crippen molar-refractivity contribution in [1.29, 1.82) is 0 Å². The fraction of sp³-hybridized carbons (Fsp3) is 0.375. The lowest BCUT2D eigenvalue weighted by Gasteiger charge is -2.41. The Bertz CT molecular complexity index is 4200. The van der Waals surface area contributed by atoms with E-state index in [-0.39, 0.29) is 25.3 Å². The number of alkyl carbamates (subject to hydrolysis) is 2. The van der Waals surface area contributed by atoms with Gasteiger partial charge >= 0.3 is 12.2 Å². The summed E-state index contributed by atoms with van der Waals surface area (Å²) in [6.45, 7) is 8.22. The first kappa shape index (κ1) is 58.8. The van der Waals surface area contributed by atoms with E-state index in [1.54, 1.807) is 21.8 Å². The summed E-state index contributed by atoms with van der Waals surface area (Å²) in [4.78, 5) is 52.0. The number of amides is 2. The predicted molar refractivity (Wildman–Crippen MR) is 340 cm³/mol. The lowest BCUT2D eigenvalue weighted by atomic mass is 9.95. The van der Waals surface area contributed by atoms with Crippen molar-refractivity contribution in [1.82, 2.24) is 59.7 Å². The van der Waals surface area contributed by atoms with Crippen LogP contribution in [0.4, 0.5) is 30.0 Å². The number of hydrogen-bond acceptors (Lipinski definition) is 13. The van der Waals surface area contributed by atoms with Crippen molar-refractivity contribution in [2.45, 2.75) is 133 Å². The molecule has 88 heavy (non-hydrogen) atoms. The molecule has 3 N–H and O–H groups in total. The molecule has 4 aliphatic rings. The van der Waals surface area contributed by atoms with Gasteiger partial charge in [-0.3, -0.25) is 9.36 Å². The number of carbonyl (C=O) groups excluding carboxylic acids is 2. The largest absolute Gasteiger partial charge is 0.445 e. The first-order chi connectivity index (χ1) is 42.5. The summed E-state index contributed by atoms with van der Waals surface area (Å²) in [5, 5.41) is 17.4. The fourth-order valence-corrected chi connectivity index (χ4v) is 14.5. The Morgan fingerprint density at radius 2 is 1.16 bits per heavy atom. The SMILES string of the molecule is Cn1cc2c(Cl)c(-c3c[nH]c4nc(N5[C@H]6CC[C@@H]5[C@@H](F)[C@@H](NC(=O)OCc5ccccc5)C6)cnc34)ccc2n1.Cn1cc2c(Cl)c(-c3cn(COCC[Si](C)(C)C)c4nc(N5[C@H]6CC[C@@H]5[C@@H](F)[C@@H](NC(=O)OCc5ccccc5)C6)cnc34)ccc2n1. The number of hydrogen-bond donors (Lipinski definition) is 3. The highest BCUT2D eigenvalue weighted by Gasteiger charge is 2.50. The average Bonchev–Trinajstić information content (AvgIpc) is 1.73. The van der Waals surface area contributed by atoms with Gasteiger partial charge in [0.2, 0.25) is 0 Å². The second-order valence-electron chi connectivity index (χ2n) is 24.6. The maximum atomic E-state index is 16.1. The average molecular weight is 1250 g/mol. The van der Waals surface area contributed by atoms with Gasteiger partial charge in [0.05, 0.1) is 57.6 Å². The van der Waals surface area contributed by atoms with Gasteiger partial charge in [0, 0.05) is 98.7 Å². The molecule has 6 aromatic heterocycles. The second kappa shape index (κ2) is 24.4. The van der Waals surface area contributed by atoms with Crippen LogP contribution in [-0.4, -0.2) is 125 Å². The Labute approximate surface area is 517 Å². The molecule has 4 saturated heterocycles. The summed E-state index contributed by atoms with van der Waals surface area (Å²) in [5.41, 5.74) is 9.39. The molecule has 10 heterocycles. The fourth-order valence-electron chi connectivity index (χ4n) is 13.1. The van der Waals surface area contributed by atoms with Gasteiger partial charge in [-0.15, -0.1) is 0 Å². The van der Waals surface area contributed by atoms with Crippen LogP contribution in [0.25, 0.3) is 66.4 Å². The molecule has 4 aliphatic heterocycles. The van der Waals surface area contributed by atoms with E-state index in [1.807, 2.05) is 133 Å². The molecule has 0 saturated carbocycles. The Kier molecular flexibility index (Phi) is 16.3. The predicted octanol–water partition coefficient (Wildman–Crippen LogP) is 12.9. The molecule has 4 bridgehead atoms. The van der Waals surface area contributed by atoms with E-state index in [2.05, 4.69) is 50.4 Å². The van der Waals surface area contributed by atoms with Gasteiger partial charge in [0.25, 0.3) is 0 Å². The first-order valence-corrected chi connectivity index (χ1v) is 34.3. The number of nitrogens with zero attached hydrogens (tertiary/aromatic N) is 11. The van der Waals surface area contributed by atoms with E-state index in [0.29, 0.717) is 83.0 Å². The Morgan fingerprint density at radius 3 is 1.69 bits per heavy atom. The molecule has 24 heteroatoms. The highest BCUT2D eigenvalue weighted by molar-refractivity contribution is 6.76. The van der Waals surface area contributed by atoms with Crippen molar-refractivity contribution in [2.75, 3.05) is 16.4 Å². The number of aromatic nitrogens is 10. The molecule has 19 nitrogen and oxygen atoms in total. The first-order valence-electron chi connectivity index (χ1n) is 29.8. The quantitative estimate of drug-likeness (QED) is 0.0647. The number of benzene rings is 4. The minimum Gasteiger partial charge on any atom is -0.445 e. The van der Waals surface area contributed by atoms with Gasteiger partial charge in [-0.2, -0.15) is 10.2 Å². The van der Waals surface area contributed by atoms with E-state index in [4.69, 9.17) is 57.3 Å². The number of fused-ring (bicyclic) bond motifs is 8. The molecular formula is C64H68Cl2F2N14O5Si. The van der Waals surface area contributed by atoms with Crippen molar-refractivity contribution in [3.63, 3.8) is 0 Å². The van der Waals surface area contributed by atoms with E-state index in [1.165, 1.54) is 0 Å². The molecule has 4 aromatic carbocycles. The molecular weight excluding hydrogens is 1180 g/mol. The number of halogens is 4. The van der Waals surface area contributed by atoms with Crippen LogP contribution in [0, 0.1) is 0 Å². The highest BCUT2D eigenvalue weighted by Crippen LogP contribution is 2.44. The Hall–Kier alpha value is -8.18. The molecule has 14 rings (SSSR count). The zero-order valence-corrected chi connectivity index (χ0v) is 51.9. The zero-order chi connectivity index (χ0) is 61.0. The summed E-state index contributed by atoms with van der Waals surface area (Å²) in [6, 6.07) is 25.7. The lowest BCUT2D eigenvalue weighted by Crippen LogP contribution is -2.58. The van der Waals surface area contributed by atoms with Crippen molar-refractivity contribution in [2.24, 2.45) is 14.1 Å². The van der Waals surface area contributed by atoms with E-state index < -0.39 is 56.8 Å². The number of alkyl halides is 2. The monoisotopic (exact) mass is 1250 g/mol. The second-order valence-corrected chi connectivity index (χ2v) is 31.0. The minimum atomic E-state index is -1.29. The maximum Gasteiger partial charge on any atom is 0.407 e. The number of anilines is 2. The molecule has 0 unspecified atom stereocenters. The third-order valence-corrected chi connectivity index (χ3v) is 19.9. The van der Waals surface area contributed by atoms with Crippen LogP contribution in [0.15, 0.2) is 122 Å². The van der Waals surface area contributed by atoms with Crippen molar-refractivity contribution in [3.8, 4) is 22.3 Å². The topological polar surface area (TPSA) is 200 Å². The molecule has 0 radical (unpaired) electrons. The van der Waals surface area contributed by atoms with Crippen molar-refractivity contribution >= 4 is 99.2 Å². The summed E-state index contributed by atoms with van der Waals surface area (Å²) in [6.07, 6.45) is 11.2. The number of nitrogens with one attached hydrogen (secondary N) is 3. The van der Waals surface area contributed by atoms with Gasteiger partial charge < -0.3 is 44.2 Å². The molecule has 0 aliphatic carbocycles. The number of carbonyl (C=O) groups is 2. The van der Waals surface area contributed by atoms with Gasteiger partial charge in [0.1, 0.15) is 55.0 Å². The summed E-state index contributed by atoms with van der Waals surface area (Å²) in [5.74, 6) is 1.24. The molecule has 4 fully saturated rings. The molecule has 456 valence electrons. The number of piperidine rings is 2. The van der Waals surface area contributed by atoms with Crippen LogP contribution in [0.3, 0.4) is 0 Å². The van der Waals surface area contributed by atoms with E-state index in [9.17, 15) is 9.59 Å². The van der Waals surface area contributed by atoms with Crippen LogP contribution in [0.5, 0.6) is 0 Å². The molecule has 10 aromatic rings. The van der Waals surface area contributed by atoms with Crippen LogP contribution in [0.2, 0.25) is 35.7 Å². The van der Waals surface area contributed by atoms with Crippen LogP contribution >= 0.6 is 23.2 Å². The number of rotatable bonds is 15. The summed E-state index contributed by atoms with van der Waals surface area (Å²) < 4.78 is 54.2. The molecule has 8 atom stereocenters. The molecule has 0 spiro atoms. The van der Waals surface area contributed by atoms with E-state index >= 15 is 8.78 Å². The Balaban J connectivity index is 0.000000165. The van der Waals surface area contributed by atoms with Gasteiger partial charge in [-0.1, -0.05) is 116 Å². The molecule has 2 amide bonds. The highest BCUT2D eigenvalue weighted by atomic mass is 35.5. The maximum absolute atomic E-state index is 16.1. The summed E-state index contributed by atoms with van der Waals surface area (Å²) in [7, 11) is 2.46. The number of aryl methyl sites for hydroxylation is 2. The number of ether oxygens (including phenoxy) is 3. The van der Waals surface area contributed by atoms with Gasteiger partial charge in [0.15, 0.2) is 11.3 Å². The lowest BCUT2D eigenvalue weighted by molar-refractivity contribution is 0.0899. The normalized spacial score (nSPS) is 21.5. The van der Waals surface area contributed by atoms with Crippen LogP contribution in [0.1, 0.15) is 49.7 Å². The Morgan fingerprint density at radius 1 is 0.648 bits per heavy atom. The number of aromatic amines is 1. The third-order valence-electron chi connectivity index (χ3n) is 17.4. The smallest absolute Gasteiger partial charge is 0.407 e. The van der Waals surface area contributed by atoms with Gasteiger partial charge in [-0.05, 0) is 67.8 Å². The van der Waals surface area contributed by atoms with Crippen LogP contribution in [-0.2, 0) is 48.3 Å². The number of H-pyrrole nitrogens is 1. The van der Waals surface area contributed by atoms with Gasteiger partial charge in [-0.25, -0.2) is 38.3 Å². The zero-order valence-electron chi connectivity index (χ0n) is 49.4. The third kappa shape index (κ3) is 11.9. The van der Waals surface area contributed by atoms with E-state index in [0.717, 1.165) is 74.1 Å². The summed E-state index contributed by atoms with van der Waals surface area (Å²) >= 11 is 13.7. The standard InChI is InChI=1S/C35H41ClFN7O3Si.C29H27ClFN7O2/c1-42-18-26-27(41-42)12-11-24(31(26)36)25-19-43(21-46-14-15-48(2,3)4)34-33(25)38-17-30(40-34)44-23-10-13-29(44)32(37)28(16-23)39-35(45)47-20-22-8-6-5-7-9-22;1-37-14-20-21(36-37)9-8-18(25(20)30)19-12-33-28-27(19)32-13-24(35-28)38-17-7-10-23(38)26(31)22(11-17)34-29(39)40-15-16-5-3-2-4-6-16/h5-9,11-12,17-19,23,28-29,32H,10,13-16,20-21H2,1-4H3,(H,39,45);2-6,8-9,12-14,17,22-23,26H,7,10-11,15H2,1H3,(H,33,35)(H,34,39)/t23-,28-,29+,32-;17-,22-,23+,26-/m00/s1. The minimum absolute atomic E-state index is 0.00600. The van der Waals surface area contributed by atoms with Crippen molar-refractivity contribution in [3.05, 3.63) is 143 Å². The van der Waals surface area contributed by atoms with Crippen LogP contribution < -0.4 is 20.4 Å². The van der Waals surface area contributed by atoms with Crippen molar-refractivity contribution < 1.29 is 32.6 Å².